The number of carbonyl (C=O) groups excluding carboxylic acids is 1. The molecule has 5 nitrogen and oxygen atoms in total. The number of hydrogen-bond donors (Lipinski definition) is 1. The summed E-state index contributed by atoms with van der Waals surface area (Å²) in [5.74, 6) is -0.151. The Bertz CT molecular complexity index is 194. The van der Waals surface area contributed by atoms with Crippen molar-refractivity contribution < 1.29 is 14.3 Å². The summed E-state index contributed by atoms with van der Waals surface area (Å²) < 4.78 is 10.3. The van der Waals surface area contributed by atoms with Crippen molar-refractivity contribution >= 4 is 5.97 Å². The molecule has 0 aliphatic carbocycles. The minimum Gasteiger partial charge on any atom is -0.462 e. The zero-order valence-corrected chi connectivity index (χ0v) is 10.0. The van der Waals surface area contributed by atoms with Crippen LogP contribution in [-0.2, 0) is 14.3 Å². The molecule has 0 aromatic carbocycles. The van der Waals surface area contributed by atoms with E-state index in [2.05, 4.69) is 17.1 Å². The number of nitrogens with one attached hydrogen (secondary N) is 1. The van der Waals surface area contributed by atoms with Gasteiger partial charge >= 0.3 is 5.97 Å². The molecule has 0 saturated carbocycles. The molecule has 94 valence electrons. The summed E-state index contributed by atoms with van der Waals surface area (Å²) in [6.45, 7) is 7.79. The second-order valence-corrected chi connectivity index (χ2v) is 3.86. The number of piperazine rings is 1. The van der Waals surface area contributed by atoms with E-state index in [1.165, 1.54) is 0 Å². The molecule has 0 atom stereocenters. The van der Waals surface area contributed by atoms with E-state index >= 15 is 0 Å². The first-order valence-corrected chi connectivity index (χ1v) is 5.99. The molecule has 1 rings (SSSR count). The van der Waals surface area contributed by atoms with E-state index in [1.54, 1.807) is 0 Å². The molecule has 0 aromatic rings. The lowest BCUT2D eigenvalue weighted by Crippen LogP contribution is -2.45. The van der Waals surface area contributed by atoms with Gasteiger partial charge in [0.25, 0.3) is 0 Å². The first-order chi connectivity index (χ1) is 7.83. The first kappa shape index (κ1) is 13.4. The Morgan fingerprint density at radius 1 is 1.25 bits per heavy atom. The predicted octanol–water partition coefficient (Wildman–Crippen LogP) is -0.139. The molecule has 0 unspecified atom stereocenters. The van der Waals surface area contributed by atoms with Gasteiger partial charge in [-0.2, -0.15) is 0 Å². The van der Waals surface area contributed by atoms with Crippen LogP contribution in [0, 0.1) is 0 Å². The van der Waals surface area contributed by atoms with Crippen LogP contribution in [0.15, 0.2) is 0 Å². The smallest absolute Gasteiger partial charge is 0.320 e. The molecule has 0 aromatic heterocycles. The summed E-state index contributed by atoms with van der Waals surface area (Å²) >= 11 is 0. The van der Waals surface area contributed by atoms with Gasteiger partial charge in [0.05, 0.1) is 13.2 Å². The van der Waals surface area contributed by atoms with E-state index in [1.807, 2.05) is 0 Å². The average molecular weight is 230 g/mol. The van der Waals surface area contributed by atoms with Crippen molar-refractivity contribution in [2.45, 2.75) is 13.3 Å². The van der Waals surface area contributed by atoms with Gasteiger partial charge < -0.3 is 14.8 Å². The third kappa shape index (κ3) is 6.05. The Balaban J connectivity index is 1.97. The van der Waals surface area contributed by atoms with Crippen molar-refractivity contribution in [3.8, 4) is 0 Å². The molecule has 0 amide bonds. The molecule has 0 radical (unpaired) electrons. The molecule has 0 spiro atoms. The highest BCUT2D eigenvalue weighted by Gasteiger charge is 2.13. The lowest BCUT2D eigenvalue weighted by Gasteiger charge is -2.25. The largest absolute Gasteiger partial charge is 0.462 e. The standard InChI is InChI=1S/C11H22N2O3/c1-2-7-15-8-9-16-11(14)10-13-5-3-12-4-6-13/h12H,2-10H2,1H3. The van der Waals surface area contributed by atoms with Crippen LogP contribution in [-0.4, -0.2) is 63.4 Å². The van der Waals surface area contributed by atoms with Crippen molar-refractivity contribution in [1.29, 1.82) is 0 Å². The topological polar surface area (TPSA) is 50.8 Å². The van der Waals surface area contributed by atoms with Gasteiger partial charge in [0, 0.05) is 32.8 Å². The first-order valence-electron chi connectivity index (χ1n) is 5.99. The Labute approximate surface area is 97.1 Å². The zero-order valence-electron chi connectivity index (χ0n) is 10.0. The molecule has 1 saturated heterocycles. The van der Waals surface area contributed by atoms with Gasteiger partial charge in [-0.25, -0.2) is 0 Å². The van der Waals surface area contributed by atoms with E-state index in [-0.39, 0.29) is 5.97 Å². The maximum Gasteiger partial charge on any atom is 0.320 e. The minimum atomic E-state index is -0.151. The Morgan fingerprint density at radius 3 is 2.69 bits per heavy atom. The van der Waals surface area contributed by atoms with Crippen molar-refractivity contribution in [3.63, 3.8) is 0 Å². The van der Waals surface area contributed by atoms with E-state index in [9.17, 15) is 4.79 Å². The minimum absolute atomic E-state index is 0.151. The molecule has 1 fully saturated rings. The van der Waals surface area contributed by atoms with Gasteiger partial charge in [-0.1, -0.05) is 6.92 Å². The second kappa shape index (κ2) is 8.50. The number of carbonyl (C=O) groups is 1. The second-order valence-electron chi connectivity index (χ2n) is 3.86. The van der Waals surface area contributed by atoms with Gasteiger partial charge in [0.15, 0.2) is 0 Å². The molecule has 1 aliphatic heterocycles. The van der Waals surface area contributed by atoms with Crippen LogP contribution in [0.5, 0.6) is 0 Å². The Morgan fingerprint density at radius 2 is 2.00 bits per heavy atom. The number of hydrogen-bond acceptors (Lipinski definition) is 5. The molecular formula is C11H22N2O3. The summed E-state index contributed by atoms with van der Waals surface area (Å²) in [5, 5.41) is 3.24. The third-order valence-corrected chi connectivity index (χ3v) is 2.40. The lowest BCUT2D eigenvalue weighted by atomic mass is 10.3. The van der Waals surface area contributed by atoms with Crippen LogP contribution < -0.4 is 5.32 Å². The Hall–Kier alpha value is -0.650. The predicted molar refractivity (Wildman–Crippen MR) is 61.4 cm³/mol. The highest BCUT2D eigenvalue weighted by molar-refractivity contribution is 5.71. The van der Waals surface area contributed by atoms with Gasteiger partial charge in [0.1, 0.15) is 6.61 Å². The summed E-state index contributed by atoms with van der Waals surface area (Å²) in [6, 6.07) is 0. The van der Waals surface area contributed by atoms with Crippen LogP contribution in [0.1, 0.15) is 13.3 Å². The number of rotatable bonds is 7. The van der Waals surface area contributed by atoms with Crippen LogP contribution in [0.3, 0.4) is 0 Å². The van der Waals surface area contributed by atoms with Crippen molar-refractivity contribution in [1.82, 2.24) is 10.2 Å². The third-order valence-electron chi connectivity index (χ3n) is 2.40. The Kier molecular flexibility index (Phi) is 7.12. The van der Waals surface area contributed by atoms with E-state index < -0.39 is 0 Å². The van der Waals surface area contributed by atoms with Crippen LogP contribution in [0.25, 0.3) is 0 Å². The zero-order chi connectivity index (χ0) is 11.6. The summed E-state index contributed by atoms with van der Waals surface area (Å²) in [6.07, 6.45) is 0.995. The fraction of sp³-hybridized carbons (Fsp3) is 0.909. The van der Waals surface area contributed by atoms with Crippen molar-refractivity contribution in [2.75, 3.05) is 52.5 Å². The van der Waals surface area contributed by atoms with Crippen molar-refractivity contribution in [3.05, 3.63) is 0 Å². The van der Waals surface area contributed by atoms with Crippen LogP contribution in [0.2, 0.25) is 0 Å². The lowest BCUT2D eigenvalue weighted by molar-refractivity contribution is -0.146. The molecule has 0 bridgehead atoms. The molecule has 16 heavy (non-hydrogen) atoms. The molecule has 1 heterocycles. The van der Waals surface area contributed by atoms with Crippen LogP contribution in [0.4, 0.5) is 0 Å². The summed E-state index contributed by atoms with van der Waals surface area (Å²) in [7, 11) is 0. The average Bonchev–Trinajstić information content (AvgIpc) is 2.30. The monoisotopic (exact) mass is 230 g/mol. The molecular weight excluding hydrogens is 208 g/mol. The maximum absolute atomic E-state index is 11.4. The fourth-order valence-electron chi connectivity index (χ4n) is 1.56. The SMILES string of the molecule is CCCOCCOC(=O)CN1CCNCC1. The van der Waals surface area contributed by atoms with Gasteiger partial charge in [-0.15, -0.1) is 0 Å². The van der Waals surface area contributed by atoms with Gasteiger partial charge in [-0.05, 0) is 6.42 Å². The van der Waals surface area contributed by atoms with E-state index in [0.29, 0.717) is 19.8 Å². The number of ether oxygens (including phenoxy) is 2. The number of esters is 1. The maximum atomic E-state index is 11.4. The quantitative estimate of drug-likeness (QED) is 0.487. The molecule has 1 N–H and O–H groups in total. The van der Waals surface area contributed by atoms with E-state index in [4.69, 9.17) is 9.47 Å². The molecule has 5 heteroatoms. The van der Waals surface area contributed by atoms with Crippen LogP contribution >= 0.6 is 0 Å². The highest BCUT2D eigenvalue weighted by atomic mass is 16.6. The normalized spacial score (nSPS) is 17.3. The fourth-order valence-corrected chi connectivity index (χ4v) is 1.56. The summed E-state index contributed by atoms with van der Waals surface area (Å²) in [5.41, 5.74) is 0. The van der Waals surface area contributed by atoms with Gasteiger partial charge in [0.2, 0.25) is 0 Å². The highest BCUT2D eigenvalue weighted by Crippen LogP contribution is 1.93. The van der Waals surface area contributed by atoms with E-state index in [0.717, 1.165) is 39.2 Å². The number of nitrogens with zero attached hydrogens (tertiary/aromatic N) is 1. The summed E-state index contributed by atoms with van der Waals surface area (Å²) in [4.78, 5) is 13.5. The van der Waals surface area contributed by atoms with Crippen molar-refractivity contribution in [2.24, 2.45) is 0 Å². The van der Waals surface area contributed by atoms with Gasteiger partial charge in [-0.3, -0.25) is 9.69 Å². The molecule has 1 aliphatic rings.